The van der Waals surface area contributed by atoms with Gasteiger partial charge >= 0.3 is 0 Å². The van der Waals surface area contributed by atoms with Crippen LogP contribution in [0, 0.1) is 12.7 Å². The lowest BCUT2D eigenvalue weighted by Gasteiger charge is -2.13. The summed E-state index contributed by atoms with van der Waals surface area (Å²) in [5.74, 6) is 0.142. The lowest BCUT2D eigenvalue weighted by molar-refractivity contribution is 0.0905. The summed E-state index contributed by atoms with van der Waals surface area (Å²) < 4.78 is 25.1. The topological polar surface area (TPSA) is 77.3 Å². The molecule has 0 saturated heterocycles. The Labute approximate surface area is 149 Å². The van der Waals surface area contributed by atoms with E-state index in [9.17, 15) is 9.18 Å². The van der Waals surface area contributed by atoms with Gasteiger partial charge in [-0.3, -0.25) is 9.78 Å². The zero-order valence-corrected chi connectivity index (χ0v) is 14.0. The van der Waals surface area contributed by atoms with Crippen LogP contribution in [-0.2, 0) is 6.42 Å². The predicted octanol–water partition coefficient (Wildman–Crippen LogP) is 2.92. The van der Waals surface area contributed by atoms with Gasteiger partial charge in [-0.05, 0) is 25.1 Å². The summed E-state index contributed by atoms with van der Waals surface area (Å²) in [5.41, 5.74) is 2.75. The van der Waals surface area contributed by atoms with Crippen LogP contribution in [0.5, 0.6) is 5.75 Å². The molecular formula is C19H16FN3O3. The van der Waals surface area contributed by atoms with Crippen molar-refractivity contribution in [2.75, 3.05) is 6.54 Å². The van der Waals surface area contributed by atoms with Gasteiger partial charge in [-0.25, -0.2) is 9.37 Å². The van der Waals surface area contributed by atoms with Crippen molar-refractivity contribution in [3.8, 4) is 16.9 Å². The molecule has 0 fully saturated rings. The molecule has 132 valence electrons. The Morgan fingerprint density at radius 2 is 2.31 bits per heavy atom. The van der Waals surface area contributed by atoms with Gasteiger partial charge in [0.2, 0.25) is 5.76 Å². The minimum absolute atomic E-state index is 0.183. The fraction of sp³-hybridized carbons (Fsp3) is 0.211. The van der Waals surface area contributed by atoms with Crippen molar-refractivity contribution in [1.29, 1.82) is 0 Å². The van der Waals surface area contributed by atoms with E-state index in [0.717, 1.165) is 11.1 Å². The van der Waals surface area contributed by atoms with Gasteiger partial charge in [-0.1, -0.05) is 6.07 Å². The third-order valence-electron chi connectivity index (χ3n) is 4.28. The molecule has 4 rings (SSSR count). The molecule has 6 nitrogen and oxygen atoms in total. The number of pyridine rings is 1. The normalized spacial score (nSPS) is 15.4. The molecule has 1 atom stereocenters. The molecule has 1 amide bonds. The molecule has 0 spiro atoms. The summed E-state index contributed by atoms with van der Waals surface area (Å²) >= 11 is 0. The summed E-state index contributed by atoms with van der Waals surface area (Å²) in [6, 6.07) is 6.55. The number of oxazole rings is 1. The lowest BCUT2D eigenvalue weighted by Crippen LogP contribution is -2.34. The first-order valence-electron chi connectivity index (χ1n) is 8.19. The number of nitrogens with zero attached hydrogens (tertiary/aromatic N) is 2. The average molecular weight is 353 g/mol. The van der Waals surface area contributed by atoms with Gasteiger partial charge in [0, 0.05) is 35.5 Å². The van der Waals surface area contributed by atoms with Crippen molar-refractivity contribution in [2.24, 2.45) is 0 Å². The molecule has 7 heteroatoms. The average Bonchev–Trinajstić information content (AvgIpc) is 3.25. The second kappa shape index (κ2) is 6.59. The minimum atomic E-state index is -0.349. The van der Waals surface area contributed by atoms with Crippen LogP contribution in [0.2, 0.25) is 0 Å². The number of halogens is 1. The molecule has 3 aromatic rings. The van der Waals surface area contributed by atoms with Crippen molar-refractivity contribution in [3.63, 3.8) is 0 Å². The molecule has 1 aliphatic rings. The zero-order valence-electron chi connectivity index (χ0n) is 14.0. The van der Waals surface area contributed by atoms with Crippen molar-refractivity contribution < 1.29 is 18.3 Å². The standard InChI is InChI=1S/C19H16FN3O3/c1-11-17(25-10-23-11)19(24)22-9-15-6-13-5-14(20)7-16(18(13)26-15)12-3-2-4-21-8-12/h2-5,7-8,10,15H,6,9H2,1H3,(H,22,24). The Morgan fingerprint density at radius 1 is 1.42 bits per heavy atom. The van der Waals surface area contributed by atoms with E-state index in [0.29, 0.717) is 23.4 Å². The van der Waals surface area contributed by atoms with E-state index in [2.05, 4.69) is 15.3 Å². The van der Waals surface area contributed by atoms with Gasteiger partial charge in [-0.2, -0.15) is 0 Å². The highest BCUT2D eigenvalue weighted by Crippen LogP contribution is 2.39. The van der Waals surface area contributed by atoms with Gasteiger partial charge < -0.3 is 14.5 Å². The second-order valence-corrected chi connectivity index (χ2v) is 6.10. The molecule has 0 aliphatic carbocycles. The van der Waals surface area contributed by atoms with Crippen LogP contribution >= 0.6 is 0 Å². The monoisotopic (exact) mass is 353 g/mol. The molecule has 2 aromatic heterocycles. The molecule has 0 bridgehead atoms. The molecule has 1 unspecified atom stereocenters. The van der Waals surface area contributed by atoms with Gasteiger partial charge in [0.25, 0.3) is 5.91 Å². The van der Waals surface area contributed by atoms with E-state index >= 15 is 0 Å². The summed E-state index contributed by atoms with van der Waals surface area (Å²) in [5, 5.41) is 2.77. The summed E-state index contributed by atoms with van der Waals surface area (Å²) in [6.45, 7) is 1.98. The number of rotatable bonds is 4. The first-order chi connectivity index (χ1) is 12.6. The van der Waals surface area contributed by atoms with Crippen molar-refractivity contribution in [1.82, 2.24) is 15.3 Å². The summed E-state index contributed by atoms with van der Waals surface area (Å²) in [6.07, 6.45) is 4.79. The minimum Gasteiger partial charge on any atom is -0.487 e. The number of amides is 1. The Kier molecular flexibility index (Phi) is 4.12. The maximum atomic E-state index is 14.0. The molecule has 1 aromatic carbocycles. The van der Waals surface area contributed by atoms with Crippen molar-refractivity contribution in [3.05, 3.63) is 65.9 Å². The van der Waals surface area contributed by atoms with Crippen LogP contribution in [0.4, 0.5) is 4.39 Å². The fourth-order valence-electron chi connectivity index (χ4n) is 3.05. The number of carbonyl (C=O) groups excluding carboxylic acids is 1. The van der Waals surface area contributed by atoms with Gasteiger partial charge in [0.1, 0.15) is 17.7 Å². The van der Waals surface area contributed by atoms with Crippen LogP contribution in [0.3, 0.4) is 0 Å². The van der Waals surface area contributed by atoms with Crippen LogP contribution in [0.25, 0.3) is 11.1 Å². The highest BCUT2D eigenvalue weighted by molar-refractivity contribution is 5.92. The molecular weight excluding hydrogens is 337 g/mol. The Bertz CT molecular complexity index is 956. The van der Waals surface area contributed by atoms with Crippen LogP contribution in [0.1, 0.15) is 21.8 Å². The third-order valence-corrected chi connectivity index (χ3v) is 4.28. The molecule has 3 heterocycles. The van der Waals surface area contributed by atoms with Gasteiger partial charge in [0.15, 0.2) is 6.39 Å². The van der Waals surface area contributed by atoms with E-state index in [1.807, 2.05) is 6.07 Å². The zero-order chi connectivity index (χ0) is 18.1. The number of ether oxygens (including phenoxy) is 1. The number of benzene rings is 1. The smallest absolute Gasteiger partial charge is 0.289 e. The molecule has 1 N–H and O–H groups in total. The van der Waals surface area contributed by atoms with E-state index < -0.39 is 0 Å². The Balaban J connectivity index is 1.51. The first-order valence-corrected chi connectivity index (χ1v) is 8.19. The Morgan fingerprint density at radius 3 is 3.04 bits per heavy atom. The summed E-state index contributed by atoms with van der Waals surface area (Å²) in [4.78, 5) is 20.1. The van der Waals surface area contributed by atoms with Crippen LogP contribution in [0.15, 0.2) is 47.5 Å². The SMILES string of the molecule is Cc1ncoc1C(=O)NCC1Cc2cc(F)cc(-c3cccnc3)c2O1. The second-order valence-electron chi connectivity index (χ2n) is 6.10. The van der Waals surface area contributed by atoms with E-state index in [4.69, 9.17) is 9.15 Å². The van der Waals surface area contributed by atoms with Crippen molar-refractivity contribution >= 4 is 5.91 Å². The highest BCUT2D eigenvalue weighted by Gasteiger charge is 2.28. The van der Waals surface area contributed by atoms with Crippen LogP contribution < -0.4 is 10.1 Å². The number of aromatic nitrogens is 2. The number of fused-ring (bicyclic) bond motifs is 1. The molecule has 1 aliphatic heterocycles. The number of carbonyl (C=O) groups is 1. The van der Waals surface area contributed by atoms with Crippen molar-refractivity contribution in [2.45, 2.75) is 19.4 Å². The number of hydrogen-bond acceptors (Lipinski definition) is 5. The summed E-state index contributed by atoms with van der Waals surface area (Å²) in [7, 11) is 0. The number of aryl methyl sites for hydroxylation is 1. The molecule has 0 radical (unpaired) electrons. The van der Waals surface area contributed by atoms with E-state index in [1.165, 1.54) is 18.5 Å². The molecule has 26 heavy (non-hydrogen) atoms. The van der Waals surface area contributed by atoms with E-state index in [-0.39, 0.29) is 30.1 Å². The predicted molar refractivity (Wildman–Crippen MR) is 91.3 cm³/mol. The van der Waals surface area contributed by atoms with Gasteiger partial charge in [-0.15, -0.1) is 0 Å². The maximum Gasteiger partial charge on any atom is 0.289 e. The third kappa shape index (κ3) is 3.03. The lowest BCUT2D eigenvalue weighted by atomic mass is 10.0. The first kappa shape index (κ1) is 16.3. The number of hydrogen-bond donors (Lipinski definition) is 1. The quantitative estimate of drug-likeness (QED) is 0.780. The van der Waals surface area contributed by atoms with Crippen LogP contribution in [-0.4, -0.2) is 28.5 Å². The van der Waals surface area contributed by atoms with E-state index in [1.54, 1.807) is 25.4 Å². The number of nitrogens with one attached hydrogen (secondary N) is 1. The maximum absolute atomic E-state index is 14.0. The molecule has 0 saturated carbocycles. The Hall–Kier alpha value is -3.22. The highest BCUT2D eigenvalue weighted by atomic mass is 19.1. The van der Waals surface area contributed by atoms with Gasteiger partial charge in [0.05, 0.1) is 12.2 Å². The largest absolute Gasteiger partial charge is 0.487 e. The fourth-order valence-corrected chi connectivity index (χ4v) is 3.05.